The fraction of sp³-hybridized carbons (Fsp3) is 0.292. The van der Waals surface area contributed by atoms with Crippen molar-refractivity contribution in [2.24, 2.45) is 0 Å². The molecule has 3 rings (SSSR count). The first-order chi connectivity index (χ1) is 13.8. The van der Waals surface area contributed by atoms with Gasteiger partial charge in [0.2, 0.25) is 5.91 Å². The Balaban J connectivity index is 1.80. The first kappa shape index (κ1) is 20.5. The molecule has 29 heavy (non-hydrogen) atoms. The predicted molar refractivity (Wildman–Crippen MR) is 115 cm³/mol. The summed E-state index contributed by atoms with van der Waals surface area (Å²) in [6.45, 7) is 7.70. The van der Waals surface area contributed by atoms with Gasteiger partial charge in [-0.15, -0.1) is 0 Å². The molecule has 1 atom stereocenters. The van der Waals surface area contributed by atoms with Crippen molar-refractivity contribution in [1.29, 1.82) is 0 Å². The monoisotopic (exact) mass is 389 g/mol. The molecule has 0 bridgehead atoms. The highest BCUT2D eigenvalue weighted by molar-refractivity contribution is 5.77. The highest BCUT2D eigenvalue weighted by Crippen LogP contribution is 2.24. The van der Waals surface area contributed by atoms with Crippen molar-refractivity contribution in [3.05, 3.63) is 98.2 Å². The van der Waals surface area contributed by atoms with Crippen LogP contribution in [0.3, 0.4) is 0 Å². The van der Waals surface area contributed by atoms with Gasteiger partial charge in [-0.1, -0.05) is 48.5 Å². The molecule has 1 amide bonds. The number of rotatable bonds is 6. The molecule has 0 aliphatic carbocycles. The summed E-state index contributed by atoms with van der Waals surface area (Å²) >= 11 is 0. The number of hydrogen-bond acceptors (Lipinski definition) is 3. The Morgan fingerprint density at radius 1 is 1.00 bits per heavy atom. The summed E-state index contributed by atoms with van der Waals surface area (Å²) in [5, 5.41) is 3.15. The molecule has 1 unspecified atom stereocenters. The van der Waals surface area contributed by atoms with Crippen LogP contribution >= 0.6 is 0 Å². The van der Waals surface area contributed by atoms with Crippen LogP contribution in [-0.2, 0) is 11.2 Å². The second kappa shape index (κ2) is 8.86. The van der Waals surface area contributed by atoms with E-state index in [4.69, 9.17) is 0 Å². The Morgan fingerprint density at radius 2 is 1.72 bits per heavy atom. The third-order valence-electron chi connectivity index (χ3n) is 5.25. The first-order valence-corrected chi connectivity index (χ1v) is 9.83. The smallest absolute Gasteiger partial charge is 0.254 e. The predicted octanol–water partition coefficient (Wildman–Crippen LogP) is 3.84. The van der Waals surface area contributed by atoms with E-state index in [2.05, 4.69) is 47.3 Å². The third kappa shape index (κ3) is 4.99. The van der Waals surface area contributed by atoms with Crippen LogP contribution in [-0.4, -0.2) is 15.9 Å². The molecule has 0 saturated heterocycles. The first-order valence-electron chi connectivity index (χ1n) is 9.83. The number of aryl methyl sites for hydroxylation is 4. The molecule has 5 nitrogen and oxygen atoms in total. The largest absolute Gasteiger partial charge is 0.345 e. The number of nitrogens with one attached hydrogen (secondary N) is 2. The lowest BCUT2D eigenvalue weighted by Crippen LogP contribution is -2.30. The Bertz CT molecular complexity index is 1070. The van der Waals surface area contributed by atoms with Gasteiger partial charge >= 0.3 is 0 Å². The highest BCUT2D eigenvalue weighted by Gasteiger charge is 2.18. The van der Waals surface area contributed by atoms with Crippen LogP contribution in [0.4, 0.5) is 0 Å². The van der Waals surface area contributed by atoms with E-state index in [1.807, 2.05) is 30.3 Å². The molecule has 1 aromatic heterocycles. The fourth-order valence-electron chi connectivity index (χ4n) is 3.47. The molecular formula is C24H27N3O2. The van der Waals surface area contributed by atoms with E-state index in [0.717, 1.165) is 11.1 Å². The van der Waals surface area contributed by atoms with Gasteiger partial charge < -0.3 is 10.3 Å². The summed E-state index contributed by atoms with van der Waals surface area (Å²) in [7, 11) is 0. The maximum absolute atomic E-state index is 12.8. The molecule has 2 N–H and O–H groups in total. The van der Waals surface area contributed by atoms with Gasteiger partial charge in [-0.25, -0.2) is 4.98 Å². The zero-order valence-corrected chi connectivity index (χ0v) is 17.4. The van der Waals surface area contributed by atoms with Crippen molar-refractivity contribution in [3.63, 3.8) is 0 Å². The second-order valence-electron chi connectivity index (χ2n) is 7.47. The van der Waals surface area contributed by atoms with Gasteiger partial charge in [0, 0.05) is 17.7 Å². The summed E-state index contributed by atoms with van der Waals surface area (Å²) in [4.78, 5) is 32.0. The minimum atomic E-state index is -0.237. The van der Waals surface area contributed by atoms with E-state index in [1.165, 1.54) is 11.1 Å². The molecular weight excluding hydrogens is 362 g/mol. The van der Waals surface area contributed by atoms with Gasteiger partial charge in [-0.05, 0) is 56.4 Å². The molecule has 0 spiro atoms. The summed E-state index contributed by atoms with van der Waals surface area (Å²) in [6, 6.07) is 15.9. The number of aromatic amines is 1. The van der Waals surface area contributed by atoms with Gasteiger partial charge in [0.05, 0.1) is 6.04 Å². The normalized spacial score (nSPS) is 11.9. The van der Waals surface area contributed by atoms with Gasteiger partial charge in [0.1, 0.15) is 5.82 Å². The van der Waals surface area contributed by atoms with Crippen LogP contribution in [0.2, 0.25) is 0 Å². The second-order valence-corrected chi connectivity index (χ2v) is 7.47. The van der Waals surface area contributed by atoms with Crippen molar-refractivity contribution in [2.45, 2.75) is 46.6 Å². The standard InChI is InChI=1S/C24H27N3O2/c1-15-10-11-20(14-16(15)2)23(19-8-6-5-7-9-19)27-22(28)13-12-21-17(3)25-18(4)26-24(21)29/h5-11,14,23H,12-13H2,1-4H3,(H,27,28)(H,25,26,29). The number of benzene rings is 2. The van der Waals surface area contributed by atoms with Crippen LogP contribution in [0.25, 0.3) is 0 Å². The minimum Gasteiger partial charge on any atom is -0.345 e. The number of carbonyl (C=O) groups is 1. The van der Waals surface area contributed by atoms with E-state index in [0.29, 0.717) is 23.5 Å². The molecule has 0 aliphatic heterocycles. The molecule has 0 radical (unpaired) electrons. The van der Waals surface area contributed by atoms with Crippen molar-refractivity contribution in [1.82, 2.24) is 15.3 Å². The summed E-state index contributed by atoms with van der Waals surface area (Å²) in [5.74, 6) is 0.482. The molecule has 0 aliphatic rings. The van der Waals surface area contributed by atoms with E-state index in [9.17, 15) is 9.59 Å². The van der Waals surface area contributed by atoms with E-state index < -0.39 is 0 Å². The van der Waals surface area contributed by atoms with Crippen molar-refractivity contribution in [2.75, 3.05) is 0 Å². The number of hydrogen-bond donors (Lipinski definition) is 2. The van der Waals surface area contributed by atoms with Crippen LogP contribution < -0.4 is 10.9 Å². The Kier molecular flexibility index (Phi) is 6.27. The van der Waals surface area contributed by atoms with E-state index in [-0.39, 0.29) is 23.9 Å². The zero-order chi connectivity index (χ0) is 21.0. The van der Waals surface area contributed by atoms with Crippen molar-refractivity contribution < 1.29 is 4.79 Å². The van der Waals surface area contributed by atoms with Crippen LogP contribution in [0.15, 0.2) is 53.3 Å². The number of nitrogens with zero attached hydrogens (tertiary/aromatic N) is 1. The van der Waals surface area contributed by atoms with Crippen LogP contribution in [0, 0.1) is 27.7 Å². The molecule has 5 heteroatoms. The van der Waals surface area contributed by atoms with Crippen LogP contribution in [0.5, 0.6) is 0 Å². The molecule has 1 heterocycles. The number of amides is 1. The molecule has 3 aromatic rings. The van der Waals surface area contributed by atoms with Gasteiger partial charge in [0.15, 0.2) is 0 Å². The Hall–Kier alpha value is -3.21. The topological polar surface area (TPSA) is 74.8 Å². The van der Waals surface area contributed by atoms with E-state index >= 15 is 0 Å². The van der Waals surface area contributed by atoms with Crippen molar-refractivity contribution in [3.8, 4) is 0 Å². The summed E-state index contributed by atoms with van der Waals surface area (Å²) in [5.41, 5.74) is 5.53. The average molecular weight is 389 g/mol. The van der Waals surface area contributed by atoms with Crippen LogP contribution in [0.1, 0.15) is 51.8 Å². The number of H-pyrrole nitrogens is 1. The highest BCUT2D eigenvalue weighted by atomic mass is 16.1. The third-order valence-corrected chi connectivity index (χ3v) is 5.25. The lowest BCUT2D eigenvalue weighted by atomic mass is 9.95. The van der Waals surface area contributed by atoms with Gasteiger partial charge in [-0.2, -0.15) is 0 Å². The van der Waals surface area contributed by atoms with Gasteiger partial charge in [0.25, 0.3) is 5.56 Å². The Labute approximate surface area is 171 Å². The van der Waals surface area contributed by atoms with Gasteiger partial charge in [-0.3, -0.25) is 9.59 Å². The lowest BCUT2D eigenvalue weighted by molar-refractivity contribution is -0.121. The lowest BCUT2D eigenvalue weighted by Gasteiger charge is -2.21. The maximum Gasteiger partial charge on any atom is 0.254 e. The number of aromatic nitrogens is 2. The molecule has 2 aromatic carbocycles. The quantitative estimate of drug-likeness (QED) is 0.673. The SMILES string of the molecule is Cc1nc(C)c(CCC(=O)NC(c2ccccc2)c2ccc(C)c(C)c2)c(=O)[nH]1. The van der Waals surface area contributed by atoms with Crippen molar-refractivity contribution >= 4 is 5.91 Å². The number of carbonyl (C=O) groups excluding carboxylic acids is 1. The zero-order valence-electron chi connectivity index (χ0n) is 17.4. The summed E-state index contributed by atoms with van der Waals surface area (Å²) < 4.78 is 0. The maximum atomic E-state index is 12.8. The molecule has 0 fully saturated rings. The average Bonchev–Trinajstić information content (AvgIpc) is 2.68. The Morgan fingerprint density at radius 3 is 2.38 bits per heavy atom. The molecule has 150 valence electrons. The molecule has 0 saturated carbocycles. The summed E-state index contributed by atoms with van der Waals surface area (Å²) in [6.07, 6.45) is 0.581. The minimum absolute atomic E-state index is 0.101. The van der Waals surface area contributed by atoms with E-state index in [1.54, 1.807) is 13.8 Å². The fourth-order valence-corrected chi connectivity index (χ4v) is 3.47.